The molecule has 1 rings (SSSR count). The average Bonchev–Trinajstić information content (AvgIpc) is 2.27. The van der Waals surface area contributed by atoms with E-state index in [1.54, 1.807) is 0 Å². The molecule has 0 spiro atoms. The number of aliphatic hydroxyl groups is 1. The SMILES string of the molecule is O=[PH+]C(CCO)C(=O)OC1=CCCCC1. The maximum absolute atomic E-state index is 11.5. The monoisotopic (exact) mass is 231 g/mol. The number of carbonyl (C=O) groups excluding carboxylic acids is 1. The van der Waals surface area contributed by atoms with Crippen LogP contribution >= 0.6 is 8.46 Å². The van der Waals surface area contributed by atoms with Gasteiger partial charge < -0.3 is 9.84 Å². The molecule has 15 heavy (non-hydrogen) atoms. The van der Waals surface area contributed by atoms with Crippen molar-refractivity contribution in [2.24, 2.45) is 0 Å². The van der Waals surface area contributed by atoms with Crippen molar-refractivity contribution in [3.05, 3.63) is 11.8 Å². The third-order valence-corrected chi connectivity index (χ3v) is 3.13. The van der Waals surface area contributed by atoms with E-state index in [1.165, 1.54) is 0 Å². The number of hydrogen-bond acceptors (Lipinski definition) is 4. The quantitative estimate of drug-likeness (QED) is 0.578. The number of hydrogen-bond donors (Lipinski definition) is 1. The van der Waals surface area contributed by atoms with Gasteiger partial charge in [-0.2, -0.15) is 0 Å². The second-order valence-corrected chi connectivity index (χ2v) is 4.45. The van der Waals surface area contributed by atoms with Gasteiger partial charge in [-0.15, -0.1) is 0 Å². The Labute approximate surface area is 90.5 Å². The lowest BCUT2D eigenvalue weighted by Crippen LogP contribution is -2.19. The molecule has 4 nitrogen and oxygen atoms in total. The predicted molar refractivity (Wildman–Crippen MR) is 57.1 cm³/mol. The zero-order valence-corrected chi connectivity index (χ0v) is 9.57. The molecule has 0 aromatic carbocycles. The van der Waals surface area contributed by atoms with Gasteiger partial charge in [-0.3, -0.25) is 0 Å². The molecule has 0 saturated carbocycles. The van der Waals surface area contributed by atoms with Crippen LogP contribution < -0.4 is 0 Å². The highest BCUT2D eigenvalue weighted by atomic mass is 31.1. The van der Waals surface area contributed by atoms with E-state index in [2.05, 4.69) is 0 Å². The molecule has 2 unspecified atom stereocenters. The number of ether oxygens (including phenoxy) is 1. The fraction of sp³-hybridized carbons (Fsp3) is 0.700. The van der Waals surface area contributed by atoms with Crippen molar-refractivity contribution in [1.82, 2.24) is 0 Å². The molecule has 1 N–H and O–H groups in total. The fourth-order valence-corrected chi connectivity index (χ4v) is 1.86. The number of esters is 1. The Morgan fingerprint density at radius 2 is 2.40 bits per heavy atom. The van der Waals surface area contributed by atoms with Crippen LogP contribution in [0.2, 0.25) is 0 Å². The molecule has 5 heteroatoms. The summed E-state index contributed by atoms with van der Waals surface area (Å²) in [5.41, 5.74) is -0.683. The van der Waals surface area contributed by atoms with Gasteiger partial charge in [0.15, 0.2) is 0 Å². The smallest absolute Gasteiger partial charge is 0.363 e. The first-order chi connectivity index (χ1) is 7.27. The van der Waals surface area contributed by atoms with Gasteiger partial charge in [-0.1, -0.05) is 4.57 Å². The molecule has 1 aliphatic carbocycles. The van der Waals surface area contributed by atoms with Crippen molar-refractivity contribution < 1.29 is 19.2 Å². The van der Waals surface area contributed by atoms with E-state index < -0.39 is 20.1 Å². The summed E-state index contributed by atoms with van der Waals surface area (Å²) in [5.74, 6) is 0.206. The summed E-state index contributed by atoms with van der Waals surface area (Å²) in [5, 5.41) is 8.67. The highest BCUT2D eigenvalue weighted by molar-refractivity contribution is 7.26. The number of aliphatic hydroxyl groups excluding tert-OH is 1. The van der Waals surface area contributed by atoms with Crippen molar-refractivity contribution in [2.75, 3.05) is 6.61 Å². The minimum Gasteiger partial charge on any atom is -0.428 e. The average molecular weight is 231 g/mol. The summed E-state index contributed by atoms with van der Waals surface area (Å²) < 4.78 is 15.8. The van der Waals surface area contributed by atoms with Gasteiger partial charge in [0.2, 0.25) is 0 Å². The number of carbonyl (C=O) groups is 1. The molecule has 0 fully saturated rings. The number of allylic oxidation sites excluding steroid dienone is 2. The maximum atomic E-state index is 11.5. The van der Waals surface area contributed by atoms with Gasteiger partial charge in [-0.25, -0.2) is 4.79 Å². The zero-order chi connectivity index (χ0) is 11.1. The molecule has 2 atom stereocenters. The van der Waals surface area contributed by atoms with Crippen molar-refractivity contribution >= 4 is 14.4 Å². The first kappa shape index (κ1) is 12.3. The Kier molecular flexibility index (Phi) is 5.51. The molecule has 0 saturated heterocycles. The molecule has 0 aromatic rings. The van der Waals surface area contributed by atoms with E-state index in [9.17, 15) is 9.36 Å². The Bertz CT molecular complexity index is 262. The molecule has 0 bridgehead atoms. The molecular weight excluding hydrogens is 215 g/mol. The Morgan fingerprint density at radius 1 is 1.60 bits per heavy atom. The van der Waals surface area contributed by atoms with E-state index in [-0.39, 0.29) is 13.0 Å². The predicted octanol–water partition coefficient (Wildman–Crippen LogP) is 1.76. The molecule has 0 amide bonds. The molecule has 0 aromatic heterocycles. The standard InChI is InChI=1S/C10H15O4P/c11-7-6-9(15-13)10(12)14-8-4-2-1-3-5-8/h4,9,11H,1-3,5-7H2/p+1. The summed E-state index contributed by atoms with van der Waals surface area (Å²) in [6, 6.07) is 0. The molecular formula is C10H16O4P+. The summed E-state index contributed by atoms with van der Waals surface area (Å²) in [6.45, 7) is -0.145. The third-order valence-electron chi connectivity index (χ3n) is 2.33. The van der Waals surface area contributed by atoms with Crippen LogP contribution in [-0.2, 0) is 14.1 Å². The van der Waals surface area contributed by atoms with Gasteiger partial charge >= 0.3 is 14.4 Å². The van der Waals surface area contributed by atoms with Gasteiger partial charge in [0, 0.05) is 19.4 Å². The topological polar surface area (TPSA) is 63.6 Å². The van der Waals surface area contributed by atoms with Gasteiger partial charge in [-0.05, 0) is 25.3 Å². The van der Waals surface area contributed by atoms with Gasteiger partial charge in [0.25, 0.3) is 5.66 Å². The van der Waals surface area contributed by atoms with Gasteiger partial charge in [0.1, 0.15) is 5.76 Å². The van der Waals surface area contributed by atoms with Crippen molar-refractivity contribution in [3.8, 4) is 0 Å². The van der Waals surface area contributed by atoms with Crippen molar-refractivity contribution in [1.29, 1.82) is 0 Å². The first-order valence-corrected chi connectivity index (χ1v) is 6.15. The van der Waals surface area contributed by atoms with E-state index in [4.69, 9.17) is 9.84 Å². The van der Waals surface area contributed by atoms with E-state index in [0.717, 1.165) is 25.7 Å². The van der Waals surface area contributed by atoms with Crippen molar-refractivity contribution in [3.63, 3.8) is 0 Å². The van der Waals surface area contributed by atoms with Crippen LogP contribution in [-0.4, -0.2) is 23.3 Å². The lowest BCUT2D eigenvalue weighted by molar-refractivity contribution is -0.139. The fourth-order valence-electron chi connectivity index (χ4n) is 1.46. The van der Waals surface area contributed by atoms with Crippen LogP contribution in [0.25, 0.3) is 0 Å². The van der Waals surface area contributed by atoms with Crippen LogP contribution in [0, 0.1) is 0 Å². The van der Waals surface area contributed by atoms with E-state index >= 15 is 0 Å². The van der Waals surface area contributed by atoms with Crippen LogP contribution in [0.15, 0.2) is 11.8 Å². The second-order valence-electron chi connectivity index (χ2n) is 3.52. The molecule has 0 aliphatic heterocycles. The van der Waals surface area contributed by atoms with Crippen LogP contribution in [0.5, 0.6) is 0 Å². The highest BCUT2D eigenvalue weighted by Crippen LogP contribution is 2.21. The normalized spacial score (nSPS) is 18.3. The highest BCUT2D eigenvalue weighted by Gasteiger charge is 2.28. The number of rotatable bonds is 5. The Balaban J connectivity index is 2.45. The zero-order valence-electron chi connectivity index (χ0n) is 8.57. The summed E-state index contributed by atoms with van der Waals surface area (Å²) in [6.07, 6.45) is 5.99. The maximum Gasteiger partial charge on any atom is 0.363 e. The van der Waals surface area contributed by atoms with Crippen LogP contribution in [0.1, 0.15) is 32.1 Å². The minimum absolute atomic E-state index is 0.145. The largest absolute Gasteiger partial charge is 0.428 e. The summed E-state index contributed by atoms with van der Waals surface area (Å²) in [7, 11) is -0.755. The Hall–Kier alpha value is -0.730. The molecule has 1 aliphatic rings. The summed E-state index contributed by atoms with van der Waals surface area (Å²) in [4.78, 5) is 11.5. The second kappa shape index (κ2) is 6.70. The first-order valence-electron chi connectivity index (χ1n) is 5.17. The molecule has 0 heterocycles. The van der Waals surface area contributed by atoms with E-state index in [0.29, 0.717) is 5.76 Å². The van der Waals surface area contributed by atoms with E-state index in [1.807, 2.05) is 6.08 Å². The molecule has 84 valence electrons. The third kappa shape index (κ3) is 4.10. The minimum atomic E-state index is -0.755. The lowest BCUT2D eigenvalue weighted by Gasteiger charge is -2.12. The van der Waals surface area contributed by atoms with Gasteiger partial charge in [0.05, 0.1) is 0 Å². The van der Waals surface area contributed by atoms with Crippen LogP contribution in [0.3, 0.4) is 0 Å². The van der Waals surface area contributed by atoms with Crippen LogP contribution in [0.4, 0.5) is 0 Å². The lowest BCUT2D eigenvalue weighted by atomic mass is 10.1. The Morgan fingerprint density at radius 3 is 2.93 bits per heavy atom. The molecule has 0 radical (unpaired) electrons. The van der Waals surface area contributed by atoms with Crippen molar-refractivity contribution in [2.45, 2.75) is 37.8 Å². The summed E-state index contributed by atoms with van der Waals surface area (Å²) >= 11 is 0.